The van der Waals surface area contributed by atoms with Crippen LogP contribution in [0.25, 0.3) is 0 Å². The highest BCUT2D eigenvalue weighted by molar-refractivity contribution is 5.70. The molecule has 490 valence electrons. The van der Waals surface area contributed by atoms with Gasteiger partial charge in [-0.3, -0.25) is 9.59 Å². The predicted molar refractivity (Wildman–Crippen MR) is 371 cm³/mol. The molecule has 0 saturated carbocycles. The van der Waals surface area contributed by atoms with Crippen molar-refractivity contribution in [3.05, 3.63) is 72.9 Å². The SMILES string of the molecule is CC/C=C\C/C=C\C/C=C\C/C=C\C/C=C\CCCCCCCCCCCCCCCCCCCCCCCCCCCC(=O)OC(CO)COC(=O)CCCCCCCCCCCCCCCCCCC/C=C\CCCCCCCCCC. The quantitative estimate of drug-likeness (QED) is 0.0373. The lowest BCUT2D eigenvalue weighted by Crippen LogP contribution is -2.28. The zero-order chi connectivity index (χ0) is 60.5. The van der Waals surface area contributed by atoms with Crippen molar-refractivity contribution in [2.24, 2.45) is 0 Å². The van der Waals surface area contributed by atoms with E-state index in [4.69, 9.17) is 9.47 Å². The summed E-state index contributed by atoms with van der Waals surface area (Å²) in [5.41, 5.74) is 0. The molecule has 0 aromatic rings. The van der Waals surface area contributed by atoms with Crippen molar-refractivity contribution in [2.75, 3.05) is 13.2 Å². The van der Waals surface area contributed by atoms with E-state index in [1.54, 1.807) is 0 Å². The monoisotopic (exact) mass is 1170 g/mol. The molecule has 0 fully saturated rings. The van der Waals surface area contributed by atoms with E-state index < -0.39 is 6.10 Å². The van der Waals surface area contributed by atoms with Crippen LogP contribution in [0.1, 0.15) is 399 Å². The Labute approximate surface area is 524 Å². The maximum atomic E-state index is 12.4. The molecule has 1 N–H and O–H groups in total. The van der Waals surface area contributed by atoms with E-state index in [9.17, 15) is 14.7 Å². The second kappa shape index (κ2) is 74.6. The molecule has 0 bridgehead atoms. The van der Waals surface area contributed by atoms with E-state index in [0.717, 1.165) is 70.6 Å². The minimum Gasteiger partial charge on any atom is -0.462 e. The van der Waals surface area contributed by atoms with Gasteiger partial charge in [0, 0.05) is 12.8 Å². The van der Waals surface area contributed by atoms with Crippen molar-refractivity contribution in [1.29, 1.82) is 0 Å². The zero-order valence-electron chi connectivity index (χ0n) is 56.4. The zero-order valence-corrected chi connectivity index (χ0v) is 56.4. The number of allylic oxidation sites excluding steroid dienone is 12. The van der Waals surface area contributed by atoms with Gasteiger partial charge in [-0.15, -0.1) is 0 Å². The number of aliphatic hydroxyl groups is 1. The largest absolute Gasteiger partial charge is 0.462 e. The fraction of sp³-hybridized carbons (Fsp3) is 0.823. The molecule has 5 heteroatoms. The number of ether oxygens (including phenoxy) is 2. The summed E-state index contributed by atoms with van der Waals surface area (Å²) in [5.74, 6) is -0.567. The van der Waals surface area contributed by atoms with Crippen molar-refractivity contribution < 1.29 is 24.2 Å². The van der Waals surface area contributed by atoms with Crippen molar-refractivity contribution in [3.63, 3.8) is 0 Å². The van der Waals surface area contributed by atoms with Crippen LogP contribution >= 0.6 is 0 Å². The molecular weight excluding hydrogens is 1030 g/mol. The van der Waals surface area contributed by atoms with E-state index in [0.29, 0.717) is 12.8 Å². The fourth-order valence-corrected chi connectivity index (χ4v) is 11.4. The lowest BCUT2D eigenvalue weighted by molar-refractivity contribution is -0.161. The summed E-state index contributed by atoms with van der Waals surface area (Å²) < 4.78 is 10.8. The van der Waals surface area contributed by atoms with Gasteiger partial charge in [0.2, 0.25) is 0 Å². The summed E-state index contributed by atoms with van der Waals surface area (Å²) in [6.45, 7) is 4.08. The third-order valence-corrected chi connectivity index (χ3v) is 17.0. The summed E-state index contributed by atoms with van der Waals surface area (Å²) in [5, 5.41) is 9.72. The number of hydrogen-bond donors (Lipinski definition) is 1. The van der Waals surface area contributed by atoms with Gasteiger partial charge in [0.25, 0.3) is 0 Å². The molecule has 0 aliphatic heterocycles. The second-order valence-corrected chi connectivity index (χ2v) is 25.3. The Morgan fingerprint density at radius 2 is 0.512 bits per heavy atom. The average Bonchev–Trinajstić information content (AvgIpc) is 3.51. The van der Waals surface area contributed by atoms with E-state index in [1.165, 1.54) is 302 Å². The molecule has 0 rings (SSSR count). The van der Waals surface area contributed by atoms with Crippen LogP contribution in [-0.4, -0.2) is 36.4 Å². The molecule has 0 aromatic carbocycles. The van der Waals surface area contributed by atoms with Crippen molar-refractivity contribution in [3.8, 4) is 0 Å². The molecule has 0 aromatic heterocycles. The normalized spacial score (nSPS) is 12.6. The number of hydrogen-bond acceptors (Lipinski definition) is 5. The maximum absolute atomic E-state index is 12.4. The van der Waals surface area contributed by atoms with Crippen LogP contribution in [0.5, 0.6) is 0 Å². The first-order chi connectivity index (χ1) is 41.6. The number of rotatable bonds is 70. The fourth-order valence-electron chi connectivity index (χ4n) is 11.4. The smallest absolute Gasteiger partial charge is 0.306 e. The van der Waals surface area contributed by atoms with Gasteiger partial charge in [0.15, 0.2) is 6.10 Å². The Balaban J connectivity index is 3.38. The first-order valence-corrected chi connectivity index (χ1v) is 37.5. The molecule has 0 aliphatic rings. The summed E-state index contributed by atoms with van der Waals surface area (Å²) in [6, 6.07) is 0. The Morgan fingerprint density at radius 3 is 0.786 bits per heavy atom. The van der Waals surface area contributed by atoms with Gasteiger partial charge in [0.1, 0.15) is 6.61 Å². The molecular formula is C79H144O5. The van der Waals surface area contributed by atoms with Gasteiger partial charge in [-0.25, -0.2) is 0 Å². The number of unbranched alkanes of at least 4 members (excludes halogenated alkanes) is 50. The molecule has 1 unspecified atom stereocenters. The van der Waals surface area contributed by atoms with Crippen LogP contribution in [0.3, 0.4) is 0 Å². The molecule has 0 heterocycles. The molecule has 0 spiro atoms. The molecule has 0 saturated heterocycles. The average molecular weight is 1170 g/mol. The van der Waals surface area contributed by atoms with Crippen LogP contribution in [0.15, 0.2) is 72.9 Å². The highest BCUT2D eigenvalue weighted by Crippen LogP contribution is 2.19. The molecule has 0 radical (unpaired) electrons. The maximum Gasteiger partial charge on any atom is 0.306 e. The van der Waals surface area contributed by atoms with Gasteiger partial charge in [-0.05, 0) is 83.5 Å². The number of carbonyl (C=O) groups is 2. The molecule has 0 amide bonds. The van der Waals surface area contributed by atoms with E-state index in [1.807, 2.05) is 0 Å². The third kappa shape index (κ3) is 71.8. The summed E-state index contributed by atoms with van der Waals surface area (Å²) in [7, 11) is 0. The lowest BCUT2D eigenvalue weighted by atomic mass is 10.0. The van der Waals surface area contributed by atoms with Crippen LogP contribution in [0.4, 0.5) is 0 Å². The van der Waals surface area contributed by atoms with Crippen molar-refractivity contribution in [1.82, 2.24) is 0 Å². The van der Waals surface area contributed by atoms with Crippen LogP contribution < -0.4 is 0 Å². The van der Waals surface area contributed by atoms with Gasteiger partial charge in [0.05, 0.1) is 6.61 Å². The summed E-state index contributed by atoms with van der Waals surface area (Å²) in [4.78, 5) is 24.7. The van der Waals surface area contributed by atoms with Gasteiger partial charge < -0.3 is 14.6 Å². The number of carbonyl (C=O) groups excluding carboxylic acids is 2. The van der Waals surface area contributed by atoms with Crippen LogP contribution in [0.2, 0.25) is 0 Å². The molecule has 84 heavy (non-hydrogen) atoms. The molecule has 1 atom stereocenters. The topological polar surface area (TPSA) is 72.8 Å². The first kappa shape index (κ1) is 81.3. The minimum absolute atomic E-state index is 0.0605. The Kier molecular flexibility index (Phi) is 72.2. The van der Waals surface area contributed by atoms with Crippen LogP contribution in [-0.2, 0) is 19.1 Å². The van der Waals surface area contributed by atoms with Gasteiger partial charge in [-0.2, -0.15) is 0 Å². The highest BCUT2D eigenvalue weighted by atomic mass is 16.6. The second-order valence-electron chi connectivity index (χ2n) is 25.3. The number of aliphatic hydroxyl groups excluding tert-OH is 1. The standard InChI is InChI=1S/C79H144O5/c1-3-5-7-9-11-13-15-17-19-21-23-25-27-29-31-33-34-35-36-37-38-39-40-41-42-43-44-46-48-50-52-54-56-58-60-62-64-66-68-70-72-74-79(82)84-77(75-80)76-83-78(81)73-71-69-67-65-63-61-59-57-55-53-51-49-47-45-32-30-28-26-24-22-20-18-16-14-12-10-8-6-4-2/h5,7,11,13,17,19,22-25,29,31,77,80H,3-4,6,8-10,12,14-16,18,20-21,26-28,30,32-76H2,1-2H3/b7-5-,13-11-,19-17-,24-22-,25-23-,31-29-. The molecule has 5 nitrogen and oxygen atoms in total. The summed E-state index contributed by atoms with van der Waals surface area (Å²) >= 11 is 0. The van der Waals surface area contributed by atoms with E-state index >= 15 is 0 Å². The lowest BCUT2D eigenvalue weighted by Gasteiger charge is -2.15. The Bertz CT molecular complexity index is 1470. The van der Waals surface area contributed by atoms with Gasteiger partial charge in [-0.1, -0.05) is 376 Å². The predicted octanol–water partition coefficient (Wildman–Crippen LogP) is 26.2. The van der Waals surface area contributed by atoms with E-state index in [-0.39, 0.29) is 25.2 Å². The van der Waals surface area contributed by atoms with Gasteiger partial charge >= 0.3 is 11.9 Å². The minimum atomic E-state index is -0.772. The summed E-state index contributed by atoms with van der Waals surface area (Å²) in [6.07, 6.45) is 104. The van der Waals surface area contributed by atoms with Crippen molar-refractivity contribution in [2.45, 2.75) is 405 Å². The first-order valence-electron chi connectivity index (χ1n) is 37.5. The van der Waals surface area contributed by atoms with E-state index in [2.05, 4.69) is 86.8 Å². The third-order valence-electron chi connectivity index (χ3n) is 17.0. The number of esters is 2. The van der Waals surface area contributed by atoms with Crippen LogP contribution in [0, 0.1) is 0 Å². The molecule has 0 aliphatic carbocycles. The Hall–Kier alpha value is -2.66. The highest BCUT2D eigenvalue weighted by Gasteiger charge is 2.16. The Morgan fingerprint density at radius 1 is 0.286 bits per heavy atom. The van der Waals surface area contributed by atoms with Crippen molar-refractivity contribution >= 4 is 11.9 Å².